The summed E-state index contributed by atoms with van der Waals surface area (Å²) >= 11 is 5.76. The summed E-state index contributed by atoms with van der Waals surface area (Å²) in [7, 11) is 0. The fraction of sp³-hybridized carbons (Fsp3) is 0.100. The highest BCUT2D eigenvalue weighted by Gasteiger charge is 2.21. The predicted octanol–water partition coefficient (Wildman–Crippen LogP) is 2.79. The van der Waals surface area contributed by atoms with Crippen molar-refractivity contribution in [3.8, 4) is 0 Å². The van der Waals surface area contributed by atoms with Crippen molar-refractivity contribution in [1.29, 1.82) is 0 Å². The molecule has 0 saturated heterocycles. The van der Waals surface area contributed by atoms with Gasteiger partial charge in [0, 0.05) is 16.3 Å². The molecule has 2 N–H and O–H groups in total. The second kappa shape index (κ2) is 4.09. The van der Waals surface area contributed by atoms with E-state index in [-0.39, 0.29) is 28.7 Å². The van der Waals surface area contributed by atoms with Gasteiger partial charge in [-0.15, -0.1) is 0 Å². The van der Waals surface area contributed by atoms with Gasteiger partial charge >= 0.3 is 0 Å². The maximum absolute atomic E-state index is 13.4. The number of nitrogen functional groups attached to an aromatic ring is 1. The van der Waals surface area contributed by atoms with E-state index in [9.17, 15) is 8.87 Å². The van der Waals surface area contributed by atoms with Gasteiger partial charge < -0.3 is 5.73 Å². The molecule has 0 amide bonds. The Bertz CT molecular complexity index is 485. The molecule has 1 heterocycles. The van der Waals surface area contributed by atoms with E-state index in [0.717, 1.165) is 6.21 Å². The second-order valence-electron chi connectivity index (χ2n) is 3.24. The second-order valence-corrected chi connectivity index (χ2v) is 3.68. The third-order valence-electron chi connectivity index (χ3n) is 2.15. The van der Waals surface area contributed by atoms with E-state index < -0.39 is 5.83 Å². The molecule has 0 spiro atoms. The predicted molar refractivity (Wildman–Crippen MR) is 60.2 cm³/mol. The Hall–Kier alpha value is -1.62. The van der Waals surface area contributed by atoms with E-state index in [4.69, 9.17) is 17.3 Å². The van der Waals surface area contributed by atoms with Crippen molar-refractivity contribution in [2.45, 2.75) is 0 Å². The lowest BCUT2D eigenvalue weighted by atomic mass is 10.1. The first kappa shape index (κ1) is 10.9. The highest BCUT2D eigenvalue weighted by molar-refractivity contribution is 6.30. The Balaban J connectivity index is 2.58. The van der Waals surface area contributed by atoms with Gasteiger partial charge in [-0.25, -0.2) is 4.39 Å². The van der Waals surface area contributed by atoms with Gasteiger partial charge in [0.2, 0.25) is 0 Å². The third kappa shape index (κ3) is 1.86. The fourth-order valence-corrected chi connectivity index (χ4v) is 1.61. The molecule has 84 valence electrons. The molecule has 0 bridgehead atoms. The Kier molecular flexibility index (Phi) is 2.78. The molecule has 6 heteroatoms. The fourth-order valence-electron chi connectivity index (χ4n) is 1.43. The summed E-state index contributed by atoms with van der Waals surface area (Å²) in [6.07, 6.45) is 0.964. The van der Waals surface area contributed by atoms with Crippen LogP contribution in [0.15, 0.2) is 29.0 Å². The minimum Gasteiger partial charge on any atom is -0.398 e. The summed E-state index contributed by atoms with van der Waals surface area (Å²) in [4.78, 5) is 3.49. The molecule has 0 aromatic heterocycles. The minimum absolute atomic E-state index is 0.192. The molecule has 1 aromatic rings. The molecule has 0 radical (unpaired) electrons. The summed E-state index contributed by atoms with van der Waals surface area (Å²) in [5.41, 5.74) is 5.88. The van der Waals surface area contributed by atoms with Crippen molar-refractivity contribution in [2.75, 3.05) is 12.4 Å². The summed E-state index contributed by atoms with van der Waals surface area (Å²) in [6.45, 7) is -0.255. The van der Waals surface area contributed by atoms with Crippen LogP contribution in [0.4, 0.5) is 14.6 Å². The molecule has 1 aliphatic rings. The summed E-state index contributed by atoms with van der Waals surface area (Å²) in [5, 5.41) is 0.553. The lowest BCUT2D eigenvalue weighted by Crippen LogP contribution is -2.18. The molecule has 0 fully saturated rings. The van der Waals surface area contributed by atoms with Gasteiger partial charge in [0.15, 0.2) is 5.83 Å². The quantitative estimate of drug-likeness (QED) is 0.609. The zero-order valence-corrected chi connectivity index (χ0v) is 8.88. The maximum Gasteiger partial charge on any atom is 0.167 e. The third-order valence-corrected chi connectivity index (χ3v) is 2.38. The molecule has 2 rings (SSSR count). The van der Waals surface area contributed by atoms with Crippen molar-refractivity contribution in [1.82, 2.24) is 5.12 Å². The van der Waals surface area contributed by atoms with Crippen LogP contribution < -0.4 is 5.73 Å². The Morgan fingerprint density at radius 3 is 2.88 bits per heavy atom. The highest BCUT2D eigenvalue weighted by atomic mass is 35.5. The first-order chi connectivity index (χ1) is 7.59. The number of nitrogens with zero attached hydrogens (tertiary/aromatic N) is 2. The van der Waals surface area contributed by atoms with Crippen LogP contribution in [-0.4, -0.2) is 18.0 Å². The number of anilines is 1. The van der Waals surface area contributed by atoms with E-state index in [1.54, 1.807) is 6.07 Å². The molecular weight excluding hydrogens is 236 g/mol. The Labute approximate surface area is 95.8 Å². The molecular formula is C10H8ClF2N3. The van der Waals surface area contributed by atoms with E-state index in [1.807, 2.05) is 0 Å². The molecule has 0 unspecified atom stereocenters. The summed E-state index contributed by atoms with van der Waals surface area (Å²) < 4.78 is 26.9. The van der Waals surface area contributed by atoms with Gasteiger partial charge in [-0.2, -0.15) is 5.12 Å². The topological polar surface area (TPSA) is 41.6 Å². The number of aliphatic imine (C=N–C) groups is 1. The highest BCUT2D eigenvalue weighted by Crippen LogP contribution is 2.31. The molecule has 3 nitrogen and oxygen atoms in total. The monoisotopic (exact) mass is 243 g/mol. The molecule has 0 saturated carbocycles. The van der Waals surface area contributed by atoms with Gasteiger partial charge in [0.1, 0.15) is 12.4 Å². The summed E-state index contributed by atoms with van der Waals surface area (Å²) in [5.74, 6) is -0.775. The van der Waals surface area contributed by atoms with Crippen LogP contribution in [0.3, 0.4) is 0 Å². The number of hydrogen-bond acceptors (Lipinski definition) is 3. The van der Waals surface area contributed by atoms with Crippen molar-refractivity contribution < 1.29 is 8.87 Å². The van der Waals surface area contributed by atoms with Crippen LogP contribution in [0, 0.1) is 0 Å². The van der Waals surface area contributed by atoms with Gasteiger partial charge in [0.25, 0.3) is 0 Å². The van der Waals surface area contributed by atoms with Gasteiger partial charge in [-0.1, -0.05) is 16.1 Å². The normalized spacial score (nSPS) is 15.8. The smallest absolute Gasteiger partial charge is 0.167 e. The van der Waals surface area contributed by atoms with Crippen molar-refractivity contribution in [3.05, 3.63) is 34.6 Å². The summed E-state index contributed by atoms with van der Waals surface area (Å²) in [6, 6.07) is 4.47. The minimum atomic E-state index is -0.775. The van der Waals surface area contributed by atoms with Crippen molar-refractivity contribution in [3.63, 3.8) is 0 Å². The van der Waals surface area contributed by atoms with Crippen LogP contribution in [-0.2, 0) is 0 Å². The van der Waals surface area contributed by atoms with Crippen molar-refractivity contribution >= 4 is 29.2 Å². The Morgan fingerprint density at radius 2 is 2.19 bits per heavy atom. The first-order valence-electron chi connectivity index (χ1n) is 4.48. The first-order valence-corrected chi connectivity index (χ1v) is 4.85. The van der Waals surface area contributed by atoms with Gasteiger partial charge in [-0.05, 0) is 18.2 Å². The van der Waals surface area contributed by atoms with E-state index in [0.29, 0.717) is 5.02 Å². The van der Waals surface area contributed by atoms with Crippen LogP contribution in [0.1, 0.15) is 5.56 Å². The van der Waals surface area contributed by atoms with Crippen molar-refractivity contribution in [2.24, 2.45) is 4.99 Å². The maximum atomic E-state index is 13.4. The number of hydrogen-bond donors (Lipinski definition) is 1. The van der Waals surface area contributed by atoms with E-state index >= 15 is 0 Å². The number of halogens is 3. The number of rotatable bonds is 1. The number of nitrogens with two attached hydrogens (primary N) is 1. The Morgan fingerprint density at radius 1 is 1.44 bits per heavy atom. The molecule has 16 heavy (non-hydrogen) atoms. The van der Waals surface area contributed by atoms with Crippen LogP contribution in [0.25, 0.3) is 5.70 Å². The SMILES string of the molecule is Nc1ccc(Cl)cc1C1=C(F)C=NCN1F. The number of allylic oxidation sites excluding steroid dienone is 1. The largest absolute Gasteiger partial charge is 0.398 e. The molecule has 1 aliphatic heterocycles. The lowest BCUT2D eigenvalue weighted by molar-refractivity contribution is 0.106. The van der Waals surface area contributed by atoms with Gasteiger partial charge in [0.05, 0.1) is 6.21 Å². The van der Waals surface area contributed by atoms with E-state index in [1.165, 1.54) is 12.1 Å². The number of benzene rings is 1. The molecule has 1 aromatic carbocycles. The zero-order valence-electron chi connectivity index (χ0n) is 8.12. The lowest BCUT2D eigenvalue weighted by Gasteiger charge is -2.20. The standard InChI is InChI=1S/C10H8ClF2N3/c11-6-1-2-9(14)7(3-6)10-8(12)4-15-5-16(10)13/h1-4H,5,14H2. The van der Waals surface area contributed by atoms with Gasteiger partial charge in [-0.3, -0.25) is 4.99 Å². The van der Waals surface area contributed by atoms with Crippen LogP contribution in [0.5, 0.6) is 0 Å². The van der Waals surface area contributed by atoms with Crippen LogP contribution >= 0.6 is 11.6 Å². The average Bonchev–Trinajstić information content (AvgIpc) is 2.23. The van der Waals surface area contributed by atoms with Crippen LogP contribution in [0.2, 0.25) is 5.02 Å². The molecule has 0 aliphatic carbocycles. The zero-order chi connectivity index (χ0) is 11.7. The molecule has 0 atom stereocenters. The van der Waals surface area contributed by atoms with E-state index in [2.05, 4.69) is 4.99 Å². The average molecular weight is 244 g/mol.